The van der Waals surface area contributed by atoms with Crippen LogP contribution in [0.2, 0.25) is 0 Å². The standard InChI is InChI=1S/C11H19F6N2.H3O4P/c1-4-19-9(5-10(12,13)14,6-11(15,16)17)7-18-8(2)3;1-5(2,3)4/h8,19H,4-7H2,1-3H3;(H3,1,2,3,4)/q-1;. The van der Waals surface area contributed by atoms with E-state index in [1.165, 1.54) is 6.92 Å². The van der Waals surface area contributed by atoms with E-state index in [1.54, 1.807) is 13.8 Å². The molecule has 0 radical (unpaired) electrons. The van der Waals surface area contributed by atoms with Crippen LogP contribution in [0.15, 0.2) is 0 Å². The minimum atomic E-state index is -4.68. The predicted octanol–water partition coefficient (Wildman–Crippen LogP) is 3.09. The van der Waals surface area contributed by atoms with E-state index < -0.39 is 45.1 Å². The number of halogens is 6. The fraction of sp³-hybridized carbons (Fsp3) is 1.00. The van der Waals surface area contributed by atoms with Crippen LogP contribution in [0, 0.1) is 0 Å². The third-order valence-electron chi connectivity index (χ3n) is 2.39. The molecule has 0 bridgehead atoms. The molecule has 13 heteroatoms. The summed E-state index contributed by atoms with van der Waals surface area (Å²) in [5, 5.41) is 6.15. The van der Waals surface area contributed by atoms with Crippen molar-refractivity contribution >= 4 is 7.82 Å². The van der Waals surface area contributed by atoms with Gasteiger partial charge in [0.15, 0.2) is 0 Å². The molecule has 6 nitrogen and oxygen atoms in total. The zero-order valence-corrected chi connectivity index (χ0v) is 14.2. The molecule has 0 saturated carbocycles. The van der Waals surface area contributed by atoms with E-state index in [9.17, 15) is 26.3 Å². The van der Waals surface area contributed by atoms with E-state index in [-0.39, 0.29) is 12.6 Å². The highest BCUT2D eigenvalue weighted by atomic mass is 31.2. The summed E-state index contributed by atoms with van der Waals surface area (Å²) in [4.78, 5) is 21.6. The first kappa shape index (κ1) is 25.8. The SMILES string of the molecule is CCNC(C[N-]C(C)C)(CC(F)(F)F)CC(F)(F)F.O=P(O)(O)O. The predicted molar refractivity (Wildman–Crippen MR) is 75.4 cm³/mol. The highest BCUT2D eigenvalue weighted by molar-refractivity contribution is 7.45. The number of hydrogen-bond donors (Lipinski definition) is 4. The topological polar surface area (TPSA) is 104 Å². The molecule has 0 unspecified atom stereocenters. The fourth-order valence-corrected chi connectivity index (χ4v) is 1.85. The average Bonchev–Trinajstić information content (AvgIpc) is 2.19. The molecule has 148 valence electrons. The van der Waals surface area contributed by atoms with Crippen LogP contribution in [0.4, 0.5) is 26.3 Å². The maximum absolute atomic E-state index is 12.5. The van der Waals surface area contributed by atoms with Crippen LogP contribution in [-0.4, -0.2) is 51.7 Å². The maximum atomic E-state index is 12.5. The van der Waals surface area contributed by atoms with Gasteiger partial charge >= 0.3 is 20.2 Å². The van der Waals surface area contributed by atoms with E-state index in [4.69, 9.17) is 19.2 Å². The van der Waals surface area contributed by atoms with Gasteiger partial charge in [0.25, 0.3) is 0 Å². The van der Waals surface area contributed by atoms with E-state index >= 15 is 0 Å². The Hall–Kier alpha value is -0.390. The van der Waals surface area contributed by atoms with Gasteiger partial charge in [-0.25, -0.2) is 4.57 Å². The van der Waals surface area contributed by atoms with Gasteiger partial charge < -0.3 is 25.3 Å². The smallest absolute Gasteiger partial charge is 0.466 e. The molecule has 0 fully saturated rings. The van der Waals surface area contributed by atoms with Crippen molar-refractivity contribution in [2.75, 3.05) is 13.1 Å². The number of phosphoric acid groups is 1. The van der Waals surface area contributed by atoms with Gasteiger partial charge in [-0.15, -0.1) is 12.6 Å². The van der Waals surface area contributed by atoms with Crippen molar-refractivity contribution in [1.82, 2.24) is 5.32 Å². The molecule has 0 heterocycles. The lowest BCUT2D eigenvalue weighted by molar-refractivity contribution is -0.180. The van der Waals surface area contributed by atoms with Crippen molar-refractivity contribution in [2.24, 2.45) is 0 Å². The van der Waals surface area contributed by atoms with Gasteiger partial charge in [0, 0.05) is 5.54 Å². The Balaban J connectivity index is 0. The number of hydrogen-bond acceptors (Lipinski definition) is 2. The summed E-state index contributed by atoms with van der Waals surface area (Å²) < 4.78 is 84.0. The Bertz CT molecular complexity index is 373. The monoisotopic (exact) mass is 391 g/mol. The molecule has 4 N–H and O–H groups in total. The quantitative estimate of drug-likeness (QED) is 0.395. The zero-order valence-electron chi connectivity index (χ0n) is 13.3. The van der Waals surface area contributed by atoms with Gasteiger partial charge in [0.05, 0.1) is 12.8 Å². The Labute approximate surface area is 135 Å². The number of likely N-dealkylation sites (N-methyl/N-ethyl adjacent to an activating group) is 1. The van der Waals surface area contributed by atoms with Crippen molar-refractivity contribution in [3.63, 3.8) is 0 Å². The first-order chi connectivity index (χ1) is 10.4. The number of nitrogens with one attached hydrogen (secondary N) is 1. The van der Waals surface area contributed by atoms with Crippen molar-refractivity contribution in [1.29, 1.82) is 0 Å². The molecule has 0 rings (SSSR count). The van der Waals surface area contributed by atoms with E-state index in [2.05, 4.69) is 10.6 Å². The highest BCUT2D eigenvalue weighted by Crippen LogP contribution is 2.37. The number of rotatable bonds is 7. The summed E-state index contributed by atoms with van der Waals surface area (Å²) in [5.41, 5.74) is -2.12. The molecular formula is C11H22F6N2O4P-. The lowest BCUT2D eigenvalue weighted by Gasteiger charge is -2.43. The zero-order chi connectivity index (χ0) is 19.8. The fourth-order valence-electron chi connectivity index (χ4n) is 1.85. The molecule has 0 aliphatic rings. The summed E-state index contributed by atoms with van der Waals surface area (Å²) in [7, 11) is -4.64. The van der Waals surface area contributed by atoms with Crippen LogP contribution >= 0.6 is 7.82 Å². The third kappa shape index (κ3) is 19.7. The molecule has 0 amide bonds. The second-order valence-corrected chi connectivity index (χ2v) is 6.37. The molecule has 0 aromatic carbocycles. The van der Waals surface area contributed by atoms with E-state index in [0.29, 0.717) is 0 Å². The largest absolute Gasteiger partial charge is 0.658 e. The Morgan fingerprint density at radius 2 is 1.33 bits per heavy atom. The lowest BCUT2D eigenvalue weighted by atomic mass is 9.89. The summed E-state index contributed by atoms with van der Waals surface area (Å²) in [6, 6.07) is -0.320. The Morgan fingerprint density at radius 1 is 1.00 bits per heavy atom. The summed E-state index contributed by atoms with van der Waals surface area (Å²) in [6.07, 6.45) is -12.5. The summed E-state index contributed by atoms with van der Waals surface area (Å²) >= 11 is 0. The normalized spacial score (nSPS) is 13.7. The molecule has 0 aliphatic carbocycles. The molecular weight excluding hydrogens is 369 g/mol. The van der Waals surface area contributed by atoms with Crippen LogP contribution in [-0.2, 0) is 4.57 Å². The van der Waals surface area contributed by atoms with Crippen LogP contribution < -0.4 is 5.32 Å². The molecule has 0 aliphatic heterocycles. The van der Waals surface area contributed by atoms with Crippen molar-refractivity contribution in [3.8, 4) is 0 Å². The summed E-state index contributed by atoms with van der Waals surface area (Å²) in [5.74, 6) is 0. The third-order valence-corrected chi connectivity index (χ3v) is 2.39. The van der Waals surface area contributed by atoms with E-state index in [0.717, 1.165) is 0 Å². The van der Waals surface area contributed by atoms with Crippen molar-refractivity contribution in [3.05, 3.63) is 5.32 Å². The minimum Gasteiger partial charge on any atom is -0.658 e. The van der Waals surface area contributed by atoms with Crippen LogP contribution in [0.1, 0.15) is 33.6 Å². The minimum absolute atomic E-state index is 0.0137. The molecule has 0 saturated heterocycles. The highest BCUT2D eigenvalue weighted by Gasteiger charge is 2.46. The van der Waals surface area contributed by atoms with Gasteiger partial charge in [0.1, 0.15) is 0 Å². The maximum Gasteiger partial charge on any atom is 0.466 e. The Morgan fingerprint density at radius 3 is 1.54 bits per heavy atom. The molecule has 24 heavy (non-hydrogen) atoms. The van der Waals surface area contributed by atoms with Gasteiger partial charge in [-0.1, -0.05) is 20.8 Å². The second-order valence-electron chi connectivity index (χ2n) is 5.34. The Kier molecular flexibility index (Phi) is 10.7. The van der Waals surface area contributed by atoms with Crippen molar-refractivity contribution in [2.45, 2.75) is 57.5 Å². The van der Waals surface area contributed by atoms with Gasteiger partial charge in [-0.05, 0) is 6.54 Å². The average molecular weight is 391 g/mol. The van der Waals surface area contributed by atoms with E-state index in [1.807, 2.05) is 0 Å². The second kappa shape index (κ2) is 9.93. The lowest BCUT2D eigenvalue weighted by Crippen LogP contribution is -2.54. The number of nitrogens with zero attached hydrogens (tertiary/aromatic N) is 1. The molecule has 0 atom stereocenters. The molecule has 0 spiro atoms. The van der Waals surface area contributed by atoms with Gasteiger partial charge in [-0.3, -0.25) is 0 Å². The van der Waals surface area contributed by atoms with Crippen molar-refractivity contribution < 1.29 is 45.6 Å². The molecule has 0 aromatic heterocycles. The van der Waals surface area contributed by atoms with Gasteiger partial charge in [-0.2, -0.15) is 26.3 Å². The molecule has 0 aromatic rings. The van der Waals surface area contributed by atoms with Crippen LogP contribution in [0.25, 0.3) is 5.32 Å². The number of alkyl halides is 6. The first-order valence-corrected chi connectivity index (χ1v) is 8.29. The summed E-state index contributed by atoms with van der Waals surface area (Å²) in [6.45, 7) is 4.18. The first-order valence-electron chi connectivity index (χ1n) is 6.72. The van der Waals surface area contributed by atoms with Crippen LogP contribution in [0.3, 0.4) is 0 Å². The van der Waals surface area contributed by atoms with Crippen LogP contribution in [0.5, 0.6) is 0 Å². The van der Waals surface area contributed by atoms with Gasteiger partial charge in [0.2, 0.25) is 0 Å².